The average molecular weight is 437 g/mol. The molecule has 0 aromatic heterocycles. The summed E-state index contributed by atoms with van der Waals surface area (Å²) in [5.74, 6) is 0.0669. The van der Waals surface area contributed by atoms with E-state index in [0.29, 0.717) is 11.4 Å². The van der Waals surface area contributed by atoms with Crippen molar-refractivity contribution in [1.29, 1.82) is 0 Å². The molecule has 2 aromatic rings. The van der Waals surface area contributed by atoms with E-state index in [1.807, 2.05) is 43.3 Å². The van der Waals surface area contributed by atoms with Crippen LogP contribution in [-0.2, 0) is 9.53 Å². The molecule has 0 saturated carbocycles. The molecule has 1 fully saturated rings. The standard InChI is InChI=1S/C21H23BrClNO2/c1-3-20(25)24-21(2)12-18(14-7-9-17(23)10-8-14)26-19(13-21)15-5-4-6-16(22)11-15/h4-11,18-19H,3,12-13H2,1-2H3,(H,24,25)/t18-,19+,21-/m0/s1. The monoisotopic (exact) mass is 435 g/mol. The molecule has 5 heteroatoms. The molecule has 1 aliphatic heterocycles. The van der Waals surface area contributed by atoms with E-state index in [1.165, 1.54) is 0 Å². The smallest absolute Gasteiger partial charge is 0.220 e. The lowest BCUT2D eigenvalue weighted by atomic mass is 9.81. The highest BCUT2D eigenvalue weighted by Gasteiger charge is 2.40. The zero-order chi connectivity index (χ0) is 18.7. The maximum Gasteiger partial charge on any atom is 0.220 e. The fourth-order valence-corrected chi connectivity index (χ4v) is 4.04. The van der Waals surface area contributed by atoms with Crippen LogP contribution in [0.4, 0.5) is 0 Å². The Morgan fingerprint density at radius 2 is 1.85 bits per heavy atom. The van der Waals surface area contributed by atoms with Gasteiger partial charge in [-0.3, -0.25) is 4.79 Å². The first-order chi connectivity index (χ1) is 12.4. The topological polar surface area (TPSA) is 38.3 Å². The van der Waals surface area contributed by atoms with E-state index >= 15 is 0 Å². The fourth-order valence-electron chi connectivity index (χ4n) is 3.50. The second-order valence-electron chi connectivity index (χ2n) is 7.09. The predicted molar refractivity (Wildman–Crippen MR) is 108 cm³/mol. The fraction of sp³-hybridized carbons (Fsp3) is 0.381. The molecule has 3 atom stereocenters. The molecule has 0 bridgehead atoms. The summed E-state index contributed by atoms with van der Waals surface area (Å²) >= 11 is 9.57. The summed E-state index contributed by atoms with van der Waals surface area (Å²) in [5, 5.41) is 3.92. The summed E-state index contributed by atoms with van der Waals surface area (Å²) in [4.78, 5) is 12.1. The molecular weight excluding hydrogens is 414 g/mol. The van der Waals surface area contributed by atoms with Gasteiger partial charge in [-0.2, -0.15) is 0 Å². The number of ether oxygens (including phenoxy) is 1. The second-order valence-corrected chi connectivity index (χ2v) is 8.44. The van der Waals surface area contributed by atoms with Gasteiger partial charge in [0.2, 0.25) is 5.91 Å². The Bertz CT molecular complexity index is 780. The highest BCUT2D eigenvalue weighted by molar-refractivity contribution is 9.10. The van der Waals surface area contributed by atoms with Crippen LogP contribution in [0.5, 0.6) is 0 Å². The van der Waals surface area contributed by atoms with Crippen LogP contribution in [0.2, 0.25) is 5.02 Å². The van der Waals surface area contributed by atoms with Gasteiger partial charge in [-0.25, -0.2) is 0 Å². The molecule has 0 radical (unpaired) electrons. The predicted octanol–water partition coefficient (Wildman–Crippen LogP) is 5.98. The number of benzene rings is 2. The van der Waals surface area contributed by atoms with Crippen molar-refractivity contribution in [2.24, 2.45) is 0 Å². The van der Waals surface area contributed by atoms with Crippen molar-refractivity contribution in [2.75, 3.05) is 0 Å². The number of carbonyl (C=O) groups is 1. The third-order valence-corrected chi connectivity index (χ3v) is 5.57. The summed E-state index contributed by atoms with van der Waals surface area (Å²) in [6.45, 7) is 3.98. The lowest BCUT2D eigenvalue weighted by Crippen LogP contribution is -2.50. The largest absolute Gasteiger partial charge is 0.365 e. The zero-order valence-electron chi connectivity index (χ0n) is 15.0. The lowest BCUT2D eigenvalue weighted by Gasteiger charge is -2.43. The third kappa shape index (κ3) is 4.67. The molecule has 1 aliphatic rings. The van der Waals surface area contributed by atoms with Crippen molar-refractivity contribution >= 4 is 33.4 Å². The summed E-state index contributed by atoms with van der Waals surface area (Å²) in [5.41, 5.74) is 1.85. The minimum Gasteiger partial charge on any atom is -0.365 e. The van der Waals surface area contributed by atoms with Crippen molar-refractivity contribution < 1.29 is 9.53 Å². The van der Waals surface area contributed by atoms with Gasteiger partial charge in [-0.1, -0.05) is 58.7 Å². The summed E-state index contributed by atoms with van der Waals surface area (Å²) in [6, 6.07) is 15.9. The molecular formula is C21H23BrClNO2. The van der Waals surface area contributed by atoms with Gasteiger partial charge in [0, 0.05) is 34.3 Å². The van der Waals surface area contributed by atoms with Gasteiger partial charge in [0.25, 0.3) is 0 Å². The van der Waals surface area contributed by atoms with Crippen LogP contribution in [0.25, 0.3) is 0 Å². The summed E-state index contributed by atoms with van der Waals surface area (Å²) in [6.07, 6.45) is 1.74. The molecule has 26 heavy (non-hydrogen) atoms. The van der Waals surface area contributed by atoms with Gasteiger partial charge in [-0.05, 0) is 42.3 Å². The Kier molecular flexibility index (Phi) is 6.06. The van der Waals surface area contributed by atoms with E-state index in [0.717, 1.165) is 28.4 Å². The van der Waals surface area contributed by atoms with Crippen LogP contribution in [-0.4, -0.2) is 11.4 Å². The number of carbonyl (C=O) groups excluding carboxylic acids is 1. The van der Waals surface area contributed by atoms with Crippen LogP contribution in [0.1, 0.15) is 56.4 Å². The minimum absolute atomic E-state index is 0.0669. The Labute approximate surface area is 168 Å². The molecule has 0 aliphatic carbocycles. The number of hydrogen-bond donors (Lipinski definition) is 1. The van der Waals surface area contributed by atoms with E-state index in [9.17, 15) is 4.79 Å². The van der Waals surface area contributed by atoms with Crippen molar-refractivity contribution in [2.45, 2.75) is 50.9 Å². The minimum atomic E-state index is -0.331. The number of rotatable bonds is 4. The van der Waals surface area contributed by atoms with Gasteiger partial charge in [-0.15, -0.1) is 0 Å². The Balaban J connectivity index is 1.92. The molecule has 0 unspecified atom stereocenters. The molecule has 138 valence electrons. The molecule has 0 spiro atoms. The zero-order valence-corrected chi connectivity index (χ0v) is 17.3. The molecule has 1 heterocycles. The summed E-state index contributed by atoms with van der Waals surface area (Å²) < 4.78 is 7.47. The second kappa shape index (κ2) is 8.12. The van der Waals surface area contributed by atoms with Crippen LogP contribution in [0.3, 0.4) is 0 Å². The van der Waals surface area contributed by atoms with Gasteiger partial charge >= 0.3 is 0 Å². The van der Waals surface area contributed by atoms with E-state index in [-0.39, 0.29) is 23.7 Å². The van der Waals surface area contributed by atoms with E-state index in [2.05, 4.69) is 40.3 Å². The third-order valence-electron chi connectivity index (χ3n) is 4.82. The Morgan fingerprint density at radius 1 is 1.19 bits per heavy atom. The maximum absolute atomic E-state index is 12.1. The van der Waals surface area contributed by atoms with Crippen LogP contribution in [0.15, 0.2) is 53.0 Å². The van der Waals surface area contributed by atoms with Gasteiger partial charge in [0.05, 0.1) is 12.2 Å². The first kappa shape index (κ1) is 19.4. The number of amides is 1. The number of hydrogen-bond acceptors (Lipinski definition) is 2. The lowest BCUT2D eigenvalue weighted by molar-refractivity contribution is -0.128. The number of nitrogens with one attached hydrogen (secondary N) is 1. The molecule has 1 N–H and O–H groups in total. The first-order valence-electron chi connectivity index (χ1n) is 8.86. The van der Waals surface area contributed by atoms with Crippen molar-refractivity contribution in [3.8, 4) is 0 Å². The van der Waals surface area contributed by atoms with Gasteiger partial charge < -0.3 is 10.1 Å². The van der Waals surface area contributed by atoms with Crippen LogP contribution >= 0.6 is 27.5 Å². The highest BCUT2D eigenvalue weighted by atomic mass is 79.9. The molecule has 2 aromatic carbocycles. The van der Waals surface area contributed by atoms with E-state index in [1.54, 1.807) is 0 Å². The van der Waals surface area contributed by atoms with Crippen LogP contribution in [0, 0.1) is 0 Å². The molecule has 1 saturated heterocycles. The van der Waals surface area contributed by atoms with Gasteiger partial charge in [0.1, 0.15) is 0 Å². The average Bonchev–Trinajstić information content (AvgIpc) is 2.61. The molecule has 1 amide bonds. The molecule has 3 nitrogen and oxygen atoms in total. The normalized spacial score (nSPS) is 25.7. The van der Waals surface area contributed by atoms with Gasteiger partial charge in [0.15, 0.2) is 0 Å². The van der Waals surface area contributed by atoms with E-state index < -0.39 is 0 Å². The highest BCUT2D eigenvalue weighted by Crippen LogP contribution is 2.44. The Hall–Kier alpha value is -1.36. The van der Waals surface area contributed by atoms with Crippen LogP contribution < -0.4 is 5.32 Å². The van der Waals surface area contributed by atoms with Crippen molar-refractivity contribution in [1.82, 2.24) is 5.32 Å². The molecule has 3 rings (SSSR count). The Morgan fingerprint density at radius 3 is 2.46 bits per heavy atom. The van der Waals surface area contributed by atoms with E-state index in [4.69, 9.17) is 16.3 Å². The number of halogens is 2. The quantitative estimate of drug-likeness (QED) is 0.640. The first-order valence-corrected chi connectivity index (χ1v) is 10.0. The van der Waals surface area contributed by atoms with Crippen molar-refractivity contribution in [3.05, 3.63) is 69.2 Å². The van der Waals surface area contributed by atoms with Crippen molar-refractivity contribution in [3.63, 3.8) is 0 Å². The SMILES string of the molecule is CCC(=O)N[C@@]1(C)C[C@@H](c2ccc(Cl)cc2)O[C@@H](c2cccc(Br)c2)C1. The summed E-state index contributed by atoms with van der Waals surface area (Å²) in [7, 11) is 0. The maximum atomic E-state index is 12.1.